The van der Waals surface area contributed by atoms with Crippen LogP contribution in [0.3, 0.4) is 0 Å². The van der Waals surface area contributed by atoms with Gasteiger partial charge in [-0.15, -0.1) is 0 Å². The van der Waals surface area contributed by atoms with Crippen LogP contribution >= 0.6 is 0 Å². The van der Waals surface area contributed by atoms with E-state index in [0.717, 1.165) is 16.7 Å². The molecular formula is C22H24O7. The standard InChI is InChI=1S/C22H24O7/c1-12(13(2)28-14(3)23)22(9-19(29-21(22)25)15-7-8-26-10-15)18-6-4-5-16-17(18)11-27-20(16)24/h4-8,10,12-13,19,21,25H,9,11H2,1-3H3. The van der Waals surface area contributed by atoms with Crippen molar-refractivity contribution < 1.29 is 33.3 Å². The zero-order chi connectivity index (χ0) is 20.8. The minimum absolute atomic E-state index is 0.143. The predicted octanol–water partition coefficient (Wildman–Crippen LogP) is 3.26. The monoisotopic (exact) mass is 400 g/mol. The lowest BCUT2D eigenvalue weighted by atomic mass is 9.65. The zero-order valence-electron chi connectivity index (χ0n) is 16.6. The lowest BCUT2D eigenvalue weighted by Gasteiger charge is -2.41. The molecule has 5 unspecified atom stereocenters. The van der Waals surface area contributed by atoms with Gasteiger partial charge in [-0.1, -0.05) is 19.1 Å². The van der Waals surface area contributed by atoms with Crippen molar-refractivity contribution >= 4 is 11.9 Å². The molecular weight excluding hydrogens is 376 g/mol. The molecule has 3 heterocycles. The second-order valence-corrected chi connectivity index (χ2v) is 7.79. The fourth-order valence-corrected chi connectivity index (χ4v) is 4.65. The normalized spacial score (nSPS) is 27.9. The van der Waals surface area contributed by atoms with Crippen LogP contribution in [0.2, 0.25) is 0 Å². The molecule has 4 rings (SSSR count). The molecule has 2 aliphatic heterocycles. The van der Waals surface area contributed by atoms with Crippen LogP contribution in [0, 0.1) is 5.92 Å². The molecule has 0 spiro atoms. The highest BCUT2D eigenvalue weighted by Gasteiger charge is 2.56. The van der Waals surface area contributed by atoms with Gasteiger partial charge < -0.3 is 23.7 Å². The smallest absolute Gasteiger partial charge is 0.338 e. The zero-order valence-corrected chi connectivity index (χ0v) is 16.6. The van der Waals surface area contributed by atoms with Gasteiger partial charge >= 0.3 is 11.9 Å². The van der Waals surface area contributed by atoms with Crippen LogP contribution in [-0.2, 0) is 31.0 Å². The first-order chi connectivity index (χ1) is 13.8. The van der Waals surface area contributed by atoms with Crippen LogP contribution < -0.4 is 0 Å². The average molecular weight is 400 g/mol. The van der Waals surface area contributed by atoms with Crippen LogP contribution in [0.5, 0.6) is 0 Å². The fourth-order valence-electron chi connectivity index (χ4n) is 4.65. The van der Waals surface area contributed by atoms with E-state index in [0.29, 0.717) is 12.0 Å². The summed E-state index contributed by atoms with van der Waals surface area (Å²) in [6.45, 7) is 5.23. The van der Waals surface area contributed by atoms with Crippen molar-refractivity contribution in [3.8, 4) is 0 Å². The van der Waals surface area contributed by atoms with E-state index in [1.54, 1.807) is 37.6 Å². The highest BCUT2D eigenvalue weighted by Crippen LogP contribution is 2.54. The van der Waals surface area contributed by atoms with Crippen molar-refractivity contribution in [2.75, 3.05) is 0 Å². The molecule has 7 nitrogen and oxygen atoms in total. The summed E-state index contributed by atoms with van der Waals surface area (Å²) in [6.07, 6.45) is 1.54. The third-order valence-electron chi connectivity index (χ3n) is 6.29. The van der Waals surface area contributed by atoms with Crippen LogP contribution in [0.1, 0.15) is 60.3 Å². The Balaban J connectivity index is 1.83. The third-order valence-corrected chi connectivity index (χ3v) is 6.29. The number of carbonyl (C=O) groups is 2. The van der Waals surface area contributed by atoms with E-state index < -0.39 is 29.9 Å². The molecule has 0 saturated carbocycles. The summed E-state index contributed by atoms with van der Waals surface area (Å²) in [7, 11) is 0. The van der Waals surface area contributed by atoms with Gasteiger partial charge in [0.05, 0.1) is 29.6 Å². The summed E-state index contributed by atoms with van der Waals surface area (Å²) in [5, 5.41) is 11.2. The van der Waals surface area contributed by atoms with Crippen molar-refractivity contribution in [3.05, 3.63) is 59.0 Å². The van der Waals surface area contributed by atoms with Gasteiger partial charge in [0, 0.05) is 24.0 Å². The number of hydrogen-bond acceptors (Lipinski definition) is 7. The Kier molecular flexibility index (Phi) is 4.96. The van der Waals surface area contributed by atoms with Crippen LogP contribution in [0.4, 0.5) is 0 Å². The maximum absolute atomic E-state index is 12.1. The first kappa shape index (κ1) is 19.7. The molecule has 2 aliphatic rings. The number of hydrogen-bond donors (Lipinski definition) is 1. The average Bonchev–Trinajstić information content (AvgIpc) is 3.40. The molecule has 29 heavy (non-hydrogen) atoms. The van der Waals surface area contributed by atoms with Gasteiger partial charge in [-0.25, -0.2) is 4.79 Å². The quantitative estimate of drug-likeness (QED) is 0.770. The third kappa shape index (κ3) is 3.14. The Morgan fingerprint density at radius 3 is 2.79 bits per heavy atom. The maximum atomic E-state index is 12.1. The molecule has 0 aliphatic carbocycles. The number of furan rings is 1. The van der Waals surface area contributed by atoms with E-state index in [1.807, 2.05) is 13.0 Å². The summed E-state index contributed by atoms with van der Waals surface area (Å²) in [4.78, 5) is 23.7. The highest BCUT2D eigenvalue weighted by molar-refractivity contribution is 5.93. The molecule has 1 N–H and O–H groups in total. The topological polar surface area (TPSA) is 95.2 Å². The van der Waals surface area contributed by atoms with Crippen molar-refractivity contribution in [1.82, 2.24) is 0 Å². The summed E-state index contributed by atoms with van der Waals surface area (Å²) >= 11 is 0. The molecule has 0 radical (unpaired) electrons. The van der Waals surface area contributed by atoms with Crippen molar-refractivity contribution in [3.63, 3.8) is 0 Å². The predicted molar refractivity (Wildman–Crippen MR) is 101 cm³/mol. The first-order valence-corrected chi connectivity index (χ1v) is 9.67. The van der Waals surface area contributed by atoms with Crippen LogP contribution in [0.25, 0.3) is 0 Å². The van der Waals surface area contributed by atoms with Crippen LogP contribution in [0.15, 0.2) is 41.2 Å². The molecule has 5 atom stereocenters. The lowest BCUT2D eigenvalue weighted by Crippen LogP contribution is -2.47. The van der Waals surface area contributed by atoms with E-state index >= 15 is 0 Å². The van der Waals surface area contributed by atoms with Gasteiger partial charge in [0.15, 0.2) is 6.29 Å². The van der Waals surface area contributed by atoms with Crippen molar-refractivity contribution in [2.45, 2.75) is 57.7 Å². The molecule has 1 aromatic carbocycles. The Labute approximate surface area is 168 Å². The lowest BCUT2D eigenvalue weighted by molar-refractivity contribution is -0.158. The maximum Gasteiger partial charge on any atom is 0.338 e. The number of fused-ring (bicyclic) bond motifs is 1. The molecule has 154 valence electrons. The van der Waals surface area contributed by atoms with Crippen LogP contribution in [-0.4, -0.2) is 29.4 Å². The number of ether oxygens (including phenoxy) is 3. The minimum Gasteiger partial charge on any atom is -0.472 e. The number of rotatable bonds is 5. The van der Waals surface area contributed by atoms with E-state index in [2.05, 4.69) is 0 Å². The second-order valence-electron chi connectivity index (χ2n) is 7.79. The number of aliphatic hydroxyl groups is 1. The van der Waals surface area contributed by atoms with Gasteiger partial charge in [-0.05, 0) is 31.0 Å². The Hall–Kier alpha value is -2.64. The number of cyclic esters (lactones) is 1. The molecule has 7 heteroatoms. The van der Waals surface area contributed by atoms with E-state index in [1.165, 1.54) is 6.92 Å². The summed E-state index contributed by atoms with van der Waals surface area (Å²) < 4.78 is 21.9. The largest absolute Gasteiger partial charge is 0.472 e. The molecule has 2 aromatic rings. The highest BCUT2D eigenvalue weighted by atomic mass is 16.6. The number of aliphatic hydroxyl groups excluding tert-OH is 1. The SMILES string of the molecule is CC(=O)OC(C)C(C)C1(c2cccc3c2COC3=O)CC(c2ccoc2)OC1O. The van der Waals surface area contributed by atoms with Gasteiger partial charge in [-0.2, -0.15) is 0 Å². The Morgan fingerprint density at radius 1 is 1.31 bits per heavy atom. The summed E-state index contributed by atoms with van der Waals surface area (Å²) in [6, 6.07) is 7.19. The Bertz CT molecular complexity index is 919. The van der Waals surface area contributed by atoms with Gasteiger partial charge in [0.2, 0.25) is 0 Å². The second kappa shape index (κ2) is 7.31. The molecule has 1 fully saturated rings. The van der Waals surface area contributed by atoms with Gasteiger partial charge in [-0.3, -0.25) is 4.79 Å². The summed E-state index contributed by atoms with van der Waals surface area (Å²) in [5.74, 6) is -1.07. The number of esters is 2. The van der Waals surface area contributed by atoms with E-state index in [-0.39, 0.29) is 18.5 Å². The Morgan fingerprint density at radius 2 is 2.10 bits per heavy atom. The molecule has 1 aromatic heterocycles. The molecule has 0 amide bonds. The van der Waals surface area contributed by atoms with E-state index in [9.17, 15) is 14.7 Å². The van der Waals surface area contributed by atoms with E-state index in [4.69, 9.17) is 18.6 Å². The first-order valence-electron chi connectivity index (χ1n) is 9.67. The molecule has 0 bridgehead atoms. The molecule has 1 saturated heterocycles. The van der Waals surface area contributed by atoms with Gasteiger partial charge in [0.1, 0.15) is 12.7 Å². The van der Waals surface area contributed by atoms with Crippen molar-refractivity contribution in [2.24, 2.45) is 5.92 Å². The fraction of sp³-hybridized carbons (Fsp3) is 0.455. The minimum atomic E-state index is -1.17. The summed E-state index contributed by atoms with van der Waals surface area (Å²) in [5.41, 5.74) is 1.93. The number of benzene rings is 1. The number of carbonyl (C=O) groups excluding carboxylic acids is 2. The van der Waals surface area contributed by atoms with Gasteiger partial charge in [0.25, 0.3) is 0 Å². The van der Waals surface area contributed by atoms with Crippen molar-refractivity contribution in [1.29, 1.82) is 0 Å².